The zero-order valence-corrected chi connectivity index (χ0v) is 15.3. The maximum atomic E-state index is 12.2. The second-order valence-electron chi connectivity index (χ2n) is 6.52. The molecule has 1 aromatic rings. The quantitative estimate of drug-likeness (QED) is 0.777. The number of halogens is 1. The molecule has 0 aliphatic carbocycles. The van der Waals surface area contributed by atoms with Crippen LogP contribution in [0.25, 0.3) is 0 Å². The van der Waals surface area contributed by atoms with Crippen molar-refractivity contribution in [2.75, 3.05) is 31.1 Å². The third kappa shape index (κ3) is 4.86. The smallest absolute Gasteiger partial charge is 0.265 e. The molecular formula is C18H26ClN3O3. The predicted octanol–water partition coefficient (Wildman–Crippen LogP) is 1.73. The molecule has 1 fully saturated rings. The van der Waals surface area contributed by atoms with Crippen LogP contribution in [0.2, 0.25) is 0 Å². The van der Waals surface area contributed by atoms with Crippen LogP contribution in [0.15, 0.2) is 24.3 Å². The summed E-state index contributed by atoms with van der Waals surface area (Å²) >= 11 is 0. The topological polar surface area (TPSA) is 70.7 Å². The van der Waals surface area contributed by atoms with E-state index in [2.05, 4.69) is 17.6 Å². The van der Waals surface area contributed by atoms with Crippen molar-refractivity contribution in [3.8, 4) is 5.75 Å². The summed E-state index contributed by atoms with van der Waals surface area (Å²) in [5.41, 5.74) is 0.812. The Morgan fingerprint density at radius 2 is 2.20 bits per heavy atom. The zero-order valence-electron chi connectivity index (χ0n) is 14.5. The summed E-state index contributed by atoms with van der Waals surface area (Å²) < 4.78 is 5.43. The van der Waals surface area contributed by atoms with Gasteiger partial charge in [-0.2, -0.15) is 0 Å². The standard InChI is InChI=1S/C18H25N3O3.ClH/c1-13-11-14(7-9-19-13)18(23)20-8-4-10-21-15-5-2-3-6-16(15)24-12-17(21)22;/h2-3,5-6,13-14,19H,4,7-12H2,1H3,(H,20,23);1H/t13-,14-;/m0./s1. The average molecular weight is 368 g/mol. The average Bonchev–Trinajstić information content (AvgIpc) is 2.60. The third-order valence-corrected chi connectivity index (χ3v) is 4.66. The molecule has 2 amide bonds. The van der Waals surface area contributed by atoms with E-state index in [0.717, 1.165) is 37.2 Å². The lowest BCUT2D eigenvalue weighted by atomic mass is 9.92. The summed E-state index contributed by atoms with van der Waals surface area (Å²) in [6.07, 6.45) is 2.51. The Bertz CT molecular complexity index is 611. The Morgan fingerprint density at radius 1 is 1.40 bits per heavy atom. The van der Waals surface area contributed by atoms with Gasteiger partial charge in [-0.05, 0) is 44.9 Å². The number of anilines is 1. The molecule has 0 saturated carbocycles. The number of fused-ring (bicyclic) bond motifs is 1. The van der Waals surface area contributed by atoms with Crippen LogP contribution in [0.3, 0.4) is 0 Å². The van der Waals surface area contributed by atoms with Gasteiger partial charge in [0.05, 0.1) is 5.69 Å². The van der Waals surface area contributed by atoms with Crippen molar-refractivity contribution in [1.29, 1.82) is 0 Å². The Labute approximate surface area is 154 Å². The van der Waals surface area contributed by atoms with Crippen molar-refractivity contribution in [2.24, 2.45) is 5.92 Å². The van der Waals surface area contributed by atoms with Gasteiger partial charge in [-0.25, -0.2) is 0 Å². The van der Waals surface area contributed by atoms with Crippen LogP contribution in [0.1, 0.15) is 26.2 Å². The number of benzene rings is 1. The first-order valence-electron chi connectivity index (χ1n) is 8.68. The molecule has 2 N–H and O–H groups in total. The van der Waals surface area contributed by atoms with Gasteiger partial charge in [0.15, 0.2) is 6.61 Å². The molecule has 3 rings (SSSR count). The molecule has 1 saturated heterocycles. The molecule has 6 nitrogen and oxygen atoms in total. The normalized spacial score (nSPS) is 22.4. The van der Waals surface area contributed by atoms with E-state index in [4.69, 9.17) is 4.74 Å². The Kier molecular flexibility index (Phi) is 7.08. The minimum Gasteiger partial charge on any atom is -0.482 e. The molecule has 0 bridgehead atoms. The van der Waals surface area contributed by atoms with E-state index < -0.39 is 0 Å². The number of hydrogen-bond donors (Lipinski definition) is 2. The van der Waals surface area contributed by atoms with Crippen LogP contribution in [0.5, 0.6) is 5.75 Å². The van der Waals surface area contributed by atoms with Gasteiger partial charge >= 0.3 is 0 Å². The minimum atomic E-state index is -0.0350. The van der Waals surface area contributed by atoms with Crippen LogP contribution in [-0.2, 0) is 9.59 Å². The van der Waals surface area contributed by atoms with Crippen LogP contribution in [0, 0.1) is 5.92 Å². The Hall–Kier alpha value is -1.79. The van der Waals surface area contributed by atoms with Crippen LogP contribution in [-0.4, -0.2) is 44.1 Å². The fourth-order valence-electron chi connectivity index (χ4n) is 3.36. The van der Waals surface area contributed by atoms with Gasteiger partial charge in [0.2, 0.25) is 5.91 Å². The van der Waals surface area contributed by atoms with Gasteiger partial charge < -0.3 is 20.3 Å². The first-order chi connectivity index (χ1) is 11.6. The number of ether oxygens (including phenoxy) is 1. The summed E-state index contributed by atoms with van der Waals surface area (Å²) in [6.45, 7) is 4.27. The summed E-state index contributed by atoms with van der Waals surface area (Å²) in [5, 5.41) is 6.37. The zero-order chi connectivity index (χ0) is 16.9. The number of carbonyl (C=O) groups excluding carboxylic acids is 2. The van der Waals surface area contributed by atoms with Crippen LogP contribution < -0.4 is 20.3 Å². The van der Waals surface area contributed by atoms with Gasteiger partial charge in [0, 0.05) is 25.0 Å². The maximum Gasteiger partial charge on any atom is 0.265 e. The molecule has 2 aliphatic heterocycles. The van der Waals surface area contributed by atoms with Crippen molar-refractivity contribution < 1.29 is 14.3 Å². The molecule has 138 valence electrons. The van der Waals surface area contributed by atoms with E-state index in [1.54, 1.807) is 4.90 Å². The highest BCUT2D eigenvalue weighted by atomic mass is 35.5. The number of amides is 2. The Morgan fingerprint density at radius 3 is 3.00 bits per heavy atom. The fraction of sp³-hybridized carbons (Fsp3) is 0.556. The highest BCUT2D eigenvalue weighted by molar-refractivity contribution is 5.97. The minimum absolute atomic E-state index is 0. The summed E-state index contributed by atoms with van der Waals surface area (Å²) in [6, 6.07) is 7.95. The van der Waals surface area contributed by atoms with Crippen molar-refractivity contribution in [3.63, 3.8) is 0 Å². The van der Waals surface area contributed by atoms with Crippen molar-refractivity contribution >= 4 is 29.9 Å². The second kappa shape index (κ2) is 9.06. The summed E-state index contributed by atoms with van der Waals surface area (Å²) in [4.78, 5) is 26.0. The van der Waals surface area contributed by atoms with Gasteiger partial charge in [-0.1, -0.05) is 12.1 Å². The van der Waals surface area contributed by atoms with E-state index in [-0.39, 0.29) is 36.7 Å². The molecule has 2 heterocycles. The molecule has 25 heavy (non-hydrogen) atoms. The van der Waals surface area contributed by atoms with Crippen molar-refractivity contribution in [2.45, 2.75) is 32.2 Å². The second-order valence-corrected chi connectivity index (χ2v) is 6.52. The largest absolute Gasteiger partial charge is 0.482 e. The molecule has 0 radical (unpaired) electrons. The van der Waals surface area contributed by atoms with E-state index >= 15 is 0 Å². The molecule has 0 unspecified atom stereocenters. The molecule has 2 atom stereocenters. The number of hydrogen-bond acceptors (Lipinski definition) is 4. The first kappa shape index (κ1) is 19.5. The Balaban J connectivity index is 0.00000225. The van der Waals surface area contributed by atoms with Crippen molar-refractivity contribution in [1.82, 2.24) is 10.6 Å². The number of nitrogens with zero attached hydrogens (tertiary/aromatic N) is 1. The molecule has 2 aliphatic rings. The molecular weight excluding hydrogens is 342 g/mol. The van der Waals surface area contributed by atoms with Gasteiger partial charge in [-0.15, -0.1) is 12.4 Å². The highest BCUT2D eigenvalue weighted by Crippen LogP contribution is 2.31. The van der Waals surface area contributed by atoms with E-state index in [9.17, 15) is 9.59 Å². The number of para-hydroxylation sites is 2. The predicted molar refractivity (Wildman–Crippen MR) is 99.4 cm³/mol. The number of nitrogens with one attached hydrogen (secondary N) is 2. The monoisotopic (exact) mass is 367 g/mol. The van der Waals surface area contributed by atoms with Crippen LogP contribution >= 0.6 is 12.4 Å². The summed E-state index contributed by atoms with van der Waals surface area (Å²) in [5.74, 6) is 0.945. The fourth-order valence-corrected chi connectivity index (χ4v) is 3.36. The highest BCUT2D eigenvalue weighted by Gasteiger charge is 2.26. The summed E-state index contributed by atoms with van der Waals surface area (Å²) in [7, 11) is 0. The van der Waals surface area contributed by atoms with Crippen molar-refractivity contribution in [3.05, 3.63) is 24.3 Å². The molecule has 7 heteroatoms. The lowest BCUT2D eigenvalue weighted by Crippen LogP contribution is -2.43. The van der Waals surface area contributed by atoms with Crippen LogP contribution in [0.4, 0.5) is 5.69 Å². The number of rotatable bonds is 5. The van der Waals surface area contributed by atoms with Gasteiger partial charge in [0.1, 0.15) is 5.75 Å². The van der Waals surface area contributed by atoms with E-state index in [0.29, 0.717) is 19.1 Å². The maximum absolute atomic E-state index is 12.2. The lowest BCUT2D eigenvalue weighted by Gasteiger charge is -2.29. The van der Waals surface area contributed by atoms with Gasteiger partial charge in [0.25, 0.3) is 5.91 Å². The SMILES string of the molecule is C[C@H]1C[C@@H](C(=O)NCCCN2C(=O)COc3ccccc32)CCN1.Cl. The third-order valence-electron chi connectivity index (χ3n) is 4.66. The number of piperidine rings is 1. The van der Waals surface area contributed by atoms with E-state index in [1.807, 2.05) is 24.3 Å². The molecule has 0 aromatic heterocycles. The lowest BCUT2D eigenvalue weighted by molar-refractivity contribution is -0.126. The molecule has 1 aromatic carbocycles. The number of carbonyl (C=O) groups is 2. The molecule has 0 spiro atoms. The van der Waals surface area contributed by atoms with E-state index in [1.165, 1.54) is 0 Å². The van der Waals surface area contributed by atoms with Gasteiger partial charge in [-0.3, -0.25) is 9.59 Å². The first-order valence-corrected chi connectivity index (χ1v) is 8.68.